The van der Waals surface area contributed by atoms with E-state index in [1.54, 1.807) is 0 Å². The summed E-state index contributed by atoms with van der Waals surface area (Å²) >= 11 is 0. The summed E-state index contributed by atoms with van der Waals surface area (Å²) in [5.74, 6) is 1.56. The Kier molecular flexibility index (Phi) is 1.97. The summed E-state index contributed by atoms with van der Waals surface area (Å²) in [5, 5.41) is 3.68. The van der Waals surface area contributed by atoms with Crippen LogP contribution in [0.25, 0.3) is 0 Å². The smallest absolute Gasteiger partial charge is 0.0507 e. The third-order valence-electron chi connectivity index (χ3n) is 3.70. The Hall–Kier alpha value is -0.980. The Morgan fingerprint density at radius 2 is 2.14 bits per heavy atom. The van der Waals surface area contributed by atoms with Gasteiger partial charge < -0.3 is 5.32 Å². The van der Waals surface area contributed by atoms with E-state index in [2.05, 4.69) is 35.7 Å². The number of nitrogens with one attached hydrogen (secondary N) is 1. The lowest BCUT2D eigenvalue weighted by atomic mass is 9.76. The quantitative estimate of drug-likeness (QED) is 0.615. The van der Waals surface area contributed by atoms with Crippen molar-refractivity contribution in [1.82, 2.24) is 5.32 Å². The highest BCUT2D eigenvalue weighted by atomic mass is 15.0. The third-order valence-corrected chi connectivity index (χ3v) is 3.70. The Morgan fingerprint density at radius 3 is 3.14 bits per heavy atom. The van der Waals surface area contributed by atoms with Crippen LogP contribution in [0.5, 0.6) is 0 Å². The van der Waals surface area contributed by atoms with E-state index in [9.17, 15) is 0 Å². The molecule has 0 bridgehead atoms. The zero-order valence-corrected chi connectivity index (χ0v) is 8.45. The number of allylic oxidation sites excluding steroid dienone is 4. The van der Waals surface area contributed by atoms with Crippen molar-refractivity contribution in [3.8, 4) is 0 Å². The molecule has 1 saturated heterocycles. The molecule has 74 valence electrons. The van der Waals surface area contributed by atoms with E-state index in [1.807, 2.05) is 0 Å². The normalized spacial score (nSPS) is 39.4. The maximum atomic E-state index is 3.68. The van der Waals surface area contributed by atoms with E-state index < -0.39 is 0 Å². The largest absolute Gasteiger partial charge is 0.382 e. The zero-order chi connectivity index (χ0) is 9.38. The van der Waals surface area contributed by atoms with Crippen molar-refractivity contribution in [2.75, 3.05) is 0 Å². The predicted molar refractivity (Wildman–Crippen MR) is 58.7 cm³/mol. The molecule has 1 heteroatoms. The summed E-state index contributed by atoms with van der Waals surface area (Å²) in [4.78, 5) is 0. The van der Waals surface area contributed by atoms with Crippen molar-refractivity contribution in [1.29, 1.82) is 0 Å². The van der Waals surface area contributed by atoms with Crippen molar-refractivity contribution >= 4 is 0 Å². The van der Waals surface area contributed by atoms with E-state index >= 15 is 0 Å². The molecule has 1 aliphatic heterocycles. The van der Waals surface area contributed by atoms with Crippen LogP contribution >= 0.6 is 0 Å². The number of hydrogen-bond donors (Lipinski definition) is 1. The molecule has 1 heterocycles. The Balaban J connectivity index is 1.84. The van der Waals surface area contributed by atoms with E-state index in [0.717, 1.165) is 11.8 Å². The van der Waals surface area contributed by atoms with Crippen LogP contribution in [-0.2, 0) is 0 Å². The third kappa shape index (κ3) is 1.31. The zero-order valence-electron chi connectivity index (χ0n) is 8.45. The van der Waals surface area contributed by atoms with Gasteiger partial charge in [0.25, 0.3) is 0 Å². The predicted octanol–water partition coefficient (Wildman–Crippen LogP) is 2.77. The van der Waals surface area contributed by atoms with Gasteiger partial charge in [0.05, 0.1) is 6.04 Å². The van der Waals surface area contributed by atoms with Crippen LogP contribution in [-0.4, -0.2) is 6.04 Å². The maximum Gasteiger partial charge on any atom is 0.0507 e. The molecule has 3 atom stereocenters. The fourth-order valence-electron chi connectivity index (χ4n) is 2.92. The van der Waals surface area contributed by atoms with Crippen LogP contribution in [0.15, 0.2) is 36.1 Å². The first kappa shape index (κ1) is 8.34. The molecule has 1 fully saturated rings. The fraction of sp³-hybridized carbons (Fsp3) is 0.538. The molecule has 0 spiro atoms. The lowest BCUT2D eigenvalue weighted by Crippen LogP contribution is -2.43. The second-order valence-electron chi connectivity index (χ2n) is 4.63. The molecule has 0 radical (unpaired) electrons. The minimum atomic E-state index is 0.570. The van der Waals surface area contributed by atoms with Crippen molar-refractivity contribution < 1.29 is 0 Å². The summed E-state index contributed by atoms with van der Waals surface area (Å²) < 4.78 is 0. The highest BCUT2D eigenvalue weighted by Crippen LogP contribution is 2.36. The molecule has 3 rings (SSSR count). The van der Waals surface area contributed by atoms with Gasteiger partial charge in [0, 0.05) is 11.6 Å². The van der Waals surface area contributed by atoms with Crippen molar-refractivity contribution in [2.24, 2.45) is 11.8 Å². The highest BCUT2D eigenvalue weighted by Gasteiger charge is 2.31. The minimum absolute atomic E-state index is 0.570. The SMILES string of the molecule is C1=CC2CC3CCCC=C3NC2C=C1. The summed E-state index contributed by atoms with van der Waals surface area (Å²) in [7, 11) is 0. The molecule has 2 aliphatic carbocycles. The molecule has 0 amide bonds. The average Bonchev–Trinajstić information content (AvgIpc) is 2.26. The van der Waals surface area contributed by atoms with Gasteiger partial charge in [-0.05, 0) is 31.6 Å². The second kappa shape index (κ2) is 3.30. The molecular weight excluding hydrogens is 170 g/mol. The topological polar surface area (TPSA) is 12.0 Å². The number of rotatable bonds is 0. The van der Waals surface area contributed by atoms with Gasteiger partial charge in [-0.25, -0.2) is 0 Å². The molecule has 0 saturated carbocycles. The highest BCUT2D eigenvalue weighted by molar-refractivity contribution is 5.24. The van der Waals surface area contributed by atoms with Gasteiger partial charge in [-0.1, -0.05) is 30.4 Å². The summed E-state index contributed by atoms with van der Waals surface area (Å²) in [6, 6.07) is 0.570. The fourth-order valence-corrected chi connectivity index (χ4v) is 2.92. The van der Waals surface area contributed by atoms with E-state index in [1.165, 1.54) is 31.4 Å². The van der Waals surface area contributed by atoms with E-state index in [0.29, 0.717) is 6.04 Å². The number of hydrogen-bond acceptors (Lipinski definition) is 1. The first-order valence-corrected chi connectivity index (χ1v) is 5.75. The van der Waals surface area contributed by atoms with Gasteiger partial charge in [0.15, 0.2) is 0 Å². The average molecular weight is 187 g/mol. The minimum Gasteiger partial charge on any atom is -0.382 e. The standard InChI is InChI=1S/C13H17N/c1-3-7-12-10(5-1)9-11-6-2-4-8-13(11)14-12/h1,3,5,7-8,10-12,14H,2,4,6,9H2. The molecule has 0 aromatic heterocycles. The molecular formula is C13H17N. The summed E-state index contributed by atoms with van der Waals surface area (Å²) in [6.07, 6.45) is 16.8. The molecule has 14 heavy (non-hydrogen) atoms. The molecule has 1 N–H and O–H groups in total. The van der Waals surface area contributed by atoms with Gasteiger partial charge in [-0.15, -0.1) is 0 Å². The van der Waals surface area contributed by atoms with Crippen LogP contribution < -0.4 is 5.32 Å². The molecule has 3 unspecified atom stereocenters. The Bertz CT molecular complexity index is 311. The van der Waals surface area contributed by atoms with Gasteiger partial charge in [0.2, 0.25) is 0 Å². The summed E-state index contributed by atoms with van der Waals surface area (Å²) in [6.45, 7) is 0. The summed E-state index contributed by atoms with van der Waals surface area (Å²) in [5.41, 5.74) is 1.53. The van der Waals surface area contributed by atoms with Gasteiger partial charge in [0.1, 0.15) is 0 Å². The Morgan fingerprint density at radius 1 is 1.21 bits per heavy atom. The number of piperidine rings is 1. The first-order chi connectivity index (χ1) is 6.93. The van der Waals surface area contributed by atoms with Crippen LogP contribution in [0.1, 0.15) is 25.7 Å². The van der Waals surface area contributed by atoms with Crippen LogP contribution in [0.2, 0.25) is 0 Å². The lowest BCUT2D eigenvalue weighted by Gasteiger charge is -2.39. The molecule has 0 aromatic rings. The second-order valence-corrected chi connectivity index (χ2v) is 4.63. The van der Waals surface area contributed by atoms with Crippen LogP contribution in [0.3, 0.4) is 0 Å². The Labute approximate surface area is 85.6 Å². The van der Waals surface area contributed by atoms with E-state index in [-0.39, 0.29) is 0 Å². The molecule has 0 aromatic carbocycles. The van der Waals surface area contributed by atoms with Crippen molar-refractivity contribution in [2.45, 2.75) is 31.7 Å². The van der Waals surface area contributed by atoms with Crippen LogP contribution in [0.4, 0.5) is 0 Å². The number of fused-ring (bicyclic) bond motifs is 2. The maximum absolute atomic E-state index is 3.68. The van der Waals surface area contributed by atoms with Gasteiger partial charge in [-0.2, -0.15) is 0 Å². The van der Waals surface area contributed by atoms with Gasteiger partial charge in [-0.3, -0.25) is 0 Å². The van der Waals surface area contributed by atoms with Crippen LogP contribution in [0, 0.1) is 11.8 Å². The van der Waals surface area contributed by atoms with Gasteiger partial charge >= 0.3 is 0 Å². The van der Waals surface area contributed by atoms with E-state index in [4.69, 9.17) is 0 Å². The molecule has 3 aliphatic rings. The van der Waals surface area contributed by atoms with Crippen molar-refractivity contribution in [3.63, 3.8) is 0 Å². The van der Waals surface area contributed by atoms with Crippen molar-refractivity contribution in [3.05, 3.63) is 36.1 Å². The lowest BCUT2D eigenvalue weighted by molar-refractivity contribution is 0.305. The molecule has 1 nitrogen and oxygen atoms in total. The first-order valence-electron chi connectivity index (χ1n) is 5.75. The monoisotopic (exact) mass is 187 g/mol.